The van der Waals surface area contributed by atoms with Gasteiger partial charge in [0.15, 0.2) is 0 Å². The molecule has 0 radical (unpaired) electrons. The predicted molar refractivity (Wildman–Crippen MR) is 160 cm³/mol. The van der Waals surface area contributed by atoms with Gasteiger partial charge in [0.05, 0.1) is 6.04 Å². The number of ether oxygens (including phenoxy) is 1. The Morgan fingerprint density at radius 2 is 1.90 bits per heavy atom. The Labute approximate surface area is 240 Å². The Morgan fingerprint density at radius 1 is 1.13 bits per heavy atom. The molecular weight excluding hydrogens is 530 g/mol. The van der Waals surface area contributed by atoms with E-state index in [-0.39, 0.29) is 24.5 Å². The van der Waals surface area contributed by atoms with Crippen LogP contribution in [-0.4, -0.2) is 48.0 Å². The molecule has 0 bridgehead atoms. The SMILES string of the molecule is CC(C)CCN(CC(=O)N1CCc2sccc2C1COc1ccc(C(C)C)cc1)C(=O)Nc1cccc(Cl)c1. The Morgan fingerprint density at radius 3 is 2.59 bits per heavy atom. The van der Waals surface area contributed by atoms with Crippen LogP contribution in [0.2, 0.25) is 5.02 Å². The fraction of sp³-hybridized carbons (Fsp3) is 0.419. The van der Waals surface area contributed by atoms with Crippen molar-refractivity contribution in [3.8, 4) is 5.75 Å². The highest BCUT2D eigenvalue weighted by Gasteiger charge is 2.33. The molecule has 2 heterocycles. The van der Waals surface area contributed by atoms with Gasteiger partial charge >= 0.3 is 6.03 Å². The molecule has 2 aromatic carbocycles. The van der Waals surface area contributed by atoms with Crippen molar-refractivity contribution in [3.05, 3.63) is 81.0 Å². The topological polar surface area (TPSA) is 61.9 Å². The van der Waals surface area contributed by atoms with Crippen molar-refractivity contribution in [3.63, 3.8) is 0 Å². The molecule has 3 aromatic rings. The van der Waals surface area contributed by atoms with Crippen LogP contribution in [0.1, 0.15) is 62.1 Å². The van der Waals surface area contributed by atoms with Crippen LogP contribution in [0.5, 0.6) is 5.75 Å². The highest BCUT2D eigenvalue weighted by atomic mass is 35.5. The van der Waals surface area contributed by atoms with Crippen LogP contribution in [0, 0.1) is 5.92 Å². The van der Waals surface area contributed by atoms with Crippen molar-refractivity contribution in [2.75, 3.05) is 31.6 Å². The fourth-order valence-electron chi connectivity index (χ4n) is 4.69. The van der Waals surface area contributed by atoms with E-state index in [1.165, 1.54) is 10.4 Å². The number of nitrogens with one attached hydrogen (secondary N) is 1. The third kappa shape index (κ3) is 7.76. The van der Waals surface area contributed by atoms with E-state index in [0.29, 0.717) is 42.2 Å². The first-order valence-electron chi connectivity index (χ1n) is 13.6. The average Bonchev–Trinajstić information content (AvgIpc) is 3.39. The lowest BCUT2D eigenvalue weighted by Gasteiger charge is -2.37. The first-order chi connectivity index (χ1) is 18.7. The van der Waals surface area contributed by atoms with E-state index in [4.69, 9.17) is 16.3 Å². The molecule has 1 unspecified atom stereocenters. The standard InChI is InChI=1S/C31H38ClN3O3S/c1-21(2)12-15-34(31(37)33-25-7-5-6-24(32)18-25)19-30(36)35-16-13-29-27(14-17-39-29)28(35)20-38-26-10-8-23(9-11-26)22(3)4/h5-11,14,17-18,21-22,28H,12-13,15-16,19-20H2,1-4H3,(H,33,37). The maximum atomic E-state index is 13.8. The number of fused-ring (bicyclic) bond motifs is 1. The van der Waals surface area contributed by atoms with E-state index >= 15 is 0 Å². The number of amides is 3. The molecule has 1 aliphatic heterocycles. The van der Waals surface area contributed by atoms with Gasteiger partial charge in [0.2, 0.25) is 5.91 Å². The molecular formula is C31H38ClN3O3S. The number of carbonyl (C=O) groups is 2. The van der Waals surface area contributed by atoms with Crippen LogP contribution in [-0.2, 0) is 11.2 Å². The number of hydrogen-bond acceptors (Lipinski definition) is 4. The maximum absolute atomic E-state index is 13.8. The highest BCUT2D eigenvalue weighted by Crippen LogP contribution is 2.34. The zero-order valence-corrected chi connectivity index (χ0v) is 24.7. The second-order valence-electron chi connectivity index (χ2n) is 10.7. The highest BCUT2D eigenvalue weighted by molar-refractivity contribution is 7.10. The molecule has 208 valence electrons. The summed E-state index contributed by atoms with van der Waals surface area (Å²) in [5, 5.41) is 5.53. The van der Waals surface area contributed by atoms with E-state index in [9.17, 15) is 9.59 Å². The molecule has 0 fully saturated rings. The average molecular weight is 568 g/mol. The minimum Gasteiger partial charge on any atom is -0.491 e. The van der Waals surface area contributed by atoms with Crippen LogP contribution < -0.4 is 10.1 Å². The minimum atomic E-state index is -0.308. The van der Waals surface area contributed by atoms with Crippen LogP contribution in [0.4, 0.5) is 10.5 Å². The van der Waals surface area contributed by atoms with E-state index in [1.54, 1.807) is 40.5 Å². The summed E-state index contributed by atoms with van der Waals surface area (Å²) in [6.07, 6.45) is 1.60. The summed E-state index contributed by atoms with van der Waals surface area (Å²) in [6, 6.07) is 16.8. The van der Waals surface area contributed by atoms with Gasteiger partial charge in [-0.15, -0.1) is 11.3 Å². The van der Waals surface area contributed by atoms with Gasteiger partial charge in [-0.3, -0.25) is 4.79 Å². The number of carbonyl (C=O) groups excluding carboxylic acids is 2. The molecule has 4 rings (SSSR count). The molecule has 0 aliphatic carbocycles. The number of halogens is 1. The lowest BCUT2D eigenvalue weighted by atomic mass is 10.00. The van der Waals surface area contributed by atoms with Crippen LogP contribution >= 0.6 is 22.9 Å². The number of thiophene rings is 1. The van der Waals surface area contributed by atoms with Crippen molar-refractivity contribution in [1.82, 2.24) is 9.80 Å². The van der Waals surface area contributed by atoms with E-state index < -0.39 is 0 Å². The molecule has 1 aromatic heterocycles. The second kappa shape index (κ2) is 13.4. The Kier molecular flexibility index (Phi) is 9.92. The predicted octanol–water partition coefficient (Wildman–Crippen LogP) is 7.61. The number of rotatable bonds is 10. The summed E-state index contributed by atoms with van der Waals surface area (Å²) in [4.78, 5) is 31.8. The largest absolute Gasteiger partial charge is 0.491 e. The lowest BCUT2D eigenvalue weighted by molar-refractivity contribution is -0.135. The molecule has 0 saturated heterocycles. The summed E-state index contributed by atoms with van der Waals surface area (Å²) in [6.45, 7) is 9.99. The van der Waals surface area contributed by atoms with E-state index in [0.717, 1.165) is 24.2 Å². The number of nitrogens with zero attached hydrogens (tertiary/aromatic N) is 2. The maximum Gasteiger partial charge on any atom is 0.322 e. The van der Waals surface area contributed by atoms with E-state index in [1.807, 2.05) is 17.0 Å². The molecule has 6 nitrogen and oxygen atoms in total. The quantitative estimate of drug-likeness (QED) is 0.274. The third-order valence-electron chi connectivity index (χ3n) is 7.04. The number of hydrogen-bond donors (Lipinski definition) is 1. The van der Waals surface area contributed by atoms with Gasteiger partial charge in [-0.2, -0.15) is 0 Å². The second-order valence-corrected chi connectivity index (χ2v) is 12.2. The lowest BCUT2D eigenvalue weighted by Crippen LogP contribution is -2.49. The minimum absolute atomic E-state index is 0.00181. The van der Waals surface area contributed by atoms with Crippen LogP contribution in [0.25, 0.3) is 0 Å². The summed E-state index contributed by atoms with van der Waals surface area (Å²) < 4.78 is 6.21. The molecule has 3 amide bonds. The van der Waals surface area contributed by atoms with Crippen molar-refractivity contribution in [2.24, 2.45) is 5.92 Å². The molecule has 0 saturated carbocycles. The van der Waals surface area contributed by atoms with Crippen molar-refractivity contribution >= 4 is 40.6 Å². The molecule has 8 heteroatoms. The third-order valence-corrected chi connectivity index (χ3v) is 8.27. The molecule has 0 spiro atoms. The first kappa shape index (κ1) is 29.0. The summed E-state index contributed by atoms with van der Waals surface area (Å²) >= 11 is 7.83. The van der Waals surface area contributed by atoms with Crippen molar-refractivity contribution in [2.45, 2.75) is 52.5 Å². The van der Waals surface area contributed by atoms with Gasteiger partial charge in [0.25, 0.3) is 0 Å². The Bertz CT molecular complexity index is 1260. The smallest absolute Gasteiger partial charge is 0.322 e. The van der Waals surface area contributed by atoms with Crippen LogP contribution in [0.15, 0.2) is 60.0 Å². The fourth-order valence-corrected chi connectivity index (χ4v) is 5.81. The normalized spacial score (nSPS) is 14.8. The van der Waals surface area contributed by atoms with E-state index in [2.05, 4.69) is 56.6 Å². The summed E-state index contributed by atoms with van der Waals surface area (Å²) in [7, 11) is 0. The molecule has 39 heavy (non-hydrogen) atoms. The monoisotopic (exact) mass is 567 g/mol. The molecule has 1 aliphatic rings. The Balaban J connectivity index is 1.48. The number of anilines is 1. The first-order valence-corrected chi connectivity index (χ1v) is 14.9. The van der Waals surface area contributed by atoms with Crippen molar-refractivity contribution in [1.29, 1.82) is 0 Å². The zero-order valence-electron chi connectivity index (χ0n) is 23.2. The zero-order chi connectivity index (χ0) is 27.9. The van der Waals surface area contributed by atoms with Crippen molar-refractivity contribution < 1.29 is 14.3 Å². The van der Waals surface area contributed by atoms with Gasteiger partial charge in [-0.25, -0.2) is 4.79 Å². The molecule has 1 atom stereocenters. The van der Waals surface area contributed by atoms with Gasteiger partial charge in [-0.1, -0.05) is 57.5 Å². The molecule has 1 N–H and O–H groups in total. The number of urea groups is 1. The van der Waals surface area contributed by atoms with Gasteiger partial charge in [-0.05, 0) is 77.6 Å². The Hall–Kier alpha value is -3.03. The van der Waals surface area contributed by atoms with Gasteiger partial charge in [0, 0.05) is 28.7 Å². The number of benzene rings is 2. The van der Waals surface area contributed by atoms with Gasteiger partial charge < -0.3 is 19.9 Å². The van der Waals surface area contributed by atoms with Gasteiger partial charge in [0.1, 0.15) is 18.9 Å². The summed E-state index contributed by atoms with van der Waals surface area (Å²) in [5.74, 6) is 1.55. The van der Waals surface area contributed by atoms with Crippen LogP contribution in [0.3, 0.4) is 0 Å². The summed E-state index contributed by atoms with van der Waals surface area (Å²) in [5.41, 5.74) is 3.00.